The molecule has 1 N–H and O–H groups in total. The summed E-state index contributed by atoms with van der Waals surface area (Å²) in [7, 11) is 2.09. The first-order valence-corrected chi connectivity index (χ1v) is 6.59. The van der Waals surface area contributed by atoms with E-state index in [9.17, 15) is 0 Å². The molecule has 88 valence electrons. The lowest BCUT2D eigenvalue weighted by Crippen LogP contribution is -2.23. The van der Waals surface area contributed by atoms with Gasteiger partial charge in [-0.05, 0) is 36.9 Å². The van der Waals surface area contributed by atoms with Crippen molar-refractivity contribution in [3.8, 4) is 0 Å². The molecule has 0 radical (unpaired) electrons. The first-order chi connectivity index (χ1) is 7.83. The maximum Gasteiger partial charge on any atom is 0.0320 e. The Morgan fingerprint density at radius 2 is 2.19 bits per heavy atom. The summed E-state index contributed by atoms with van der Waals surface area (Å²) in [6, 6.07) is 9.59. The van der Waals surface area contributed by atoms with E-state index in [1.165, 1.54) is 36.8 Å². The van der Waals surface area contributed by atoms with Crippen molar-refractivity contribution in [2.45, 2.75) is 45.1 Å². The molecule has 1 aliphatic rings. The normalized spacial score (nSPS) is 18.1. The Bertz CT molecular complexity index is 328. The van der Waals surface area contributed by atoms with Crippen LogP contribution in [0.5, 0.6) is 0 Å². The van der Waals surface area contributed by atoms with Crippen LogP contribution >= 0.6 is 0 Å². The molecule has 1 atom stereocenters. The van der Waals surface area contributed by atoms with Gasteiger partial charge in [-0.25, -0.2) is 0 Å². The summed E-state index contributed by atoms with van der Waals surface area (Å²) in [5.74, 6) is 0.961. The summed E-state index contributed by atoms with van der Waals surface area (Å²) < 4.78 is 0. The molecule has 16 heavy (non-hydrogen) atoms. The molecule has 1 nitrogen and oxygen atoms in total. The molecule has 0 amide bonds. The van der Waals surface area contributed by atoms with Gasteiger partial charge in [-0.1, -0.05) is 50.5 Å². The molecule has 0 saturated heterocycles. The van der Waals surface area contributed by atoms with E-state index in [-0.39, 0.29) is 0 Å². The van der Waals surface area contributed by atoms with Crippen LogP contribution < -0.4 is 5.32 Å². The number of hydrogen-bond acceptors (Lipinski definition) is 1. The molecular formula is C15H23N. The molecule has 1 fully saturated rings. The van der Waals surface area contributed by atoms with Gasteiger partial charge in [0.25, 0.3) is 0 Å². The van der Waals surface area contributed by atoms with Gasteiger partial charge >= 0.3 is 0 Å². The van der Waals surface area contributed by atoms with Crippen molar-refractivity contribution < 1.29 is 0 Å². The van der Waals surface area contributed by atoms with Crippen molar-refractivity contribution in [1.82, 2.24) is 5.32 Å². The van der Waals surface area contributed by atoms with Crippen molar-refractivity contribution >= 4 is 0 Å². The highest BCUT2D eigenvalue weighted by molar-refractivity contribution is 5.26. The fourth-order valence-electron chi connectivity index (χ4n) is 2.51. The third kappa shape index (κ3) is 2.65. The van der Waals surface area contributed by atoms with Crippen molar-refractivity contribution in [3.63, 3.8) is 0 Å². The fraction of sp³-hybridized carbons (Fsp3) is 0.600. The second-order valence-electron chi connectivity index (χ2n) is 4.97. The monoisotopic (exact) mass is 217 g/mol. The van der Waals surface area contributed by atoms with Crippen molar-refractivity contribution in [2.75, 3.05) is 7.05 Å². The Kier molecular flexibility index (Phi) is 4.00. The van der Waals surface area contributed by atoms with Crippen LogP contribution in [0.2, 0.25) is 0 Å². The average Bonchev–Trinajstić information content (AvgIpc) is 2.28. The van der Waals surface area contributed by atoms with Gasteiger partial charge in [0.2, 0.25) is 0 Å². The van der Waals surface area contributed by atoms with Crippen molar-refractivity contribution in [2.24, 2.45) is 5.92 Å². The van der Waals surface area contributed by atoms with Gasteiger partial charge < -0.3 is 5.32 Å². The number of benzene rings is 1. The Labute approximate surface area is 99.3 Å². The van der Waals surface area contributed by atoms with Crippen LogP contribution in [0.1, 0.15) is 49.8 Å². The van der Waals surface area contributed by atoms with Crippen molar-refractivity contribution in [1.29, 1.82) is 0 Å². The van der Waals surface area contributed by atoms with E-state index in [0.717, 1.165) is 12.3 Å². The quantitative estimate of drug-likeness (QED) is 0.793. The fourth-order valence-corrected chi connectivity index (χ4v) is 2.51. The summed E-state index contributed by atoms with van der Waals surface area (Å²) in [5.41, 5.74) is 2.92. The van der Waals surface area contributed by atoms with E-state index < -0.39 is 0 Å². The van der Waals surface area contributed by atoms with Crippen LogP contribution in [-0.4, -0.2) is 7.05 Å². The first-order valence-electron chi connectivity index (χ1n) is 6.59. The lowest BCUT2D eigenvalue weighted by atomic mass is 9.79. The van der Waals surface area contributed by atoms with Gasteiger partial charge in [-0.3, -0.25) is 0 Å². The molecule has 1 aromatic carbocycles. The van der Waals surface area contributed by atoms with Gasteiger partial charge in [0.15, 0.2) is 0 Å². The van der Waals surface area contributed by atoms with Crippen molar-refractivity contribution in [3.05, 3.63) is 35.4 Å². The Morgan fingerprint density at radius 1 is 1.38 bits per heavy atom. The smallest absolute Gasteiger partial charge is 0.0320 e. The van der Waals surface area contributed by atoms with Crippen LogP contribution in [0.15, 0.2) is 24.3 Å². The van der Waals surface area contributed by atoms with E-state index in [1.807, 2.05) is 0 Å². The van der Waals surface area contributed by atoms with E-state index in [1.54, 1.807) is 0 Å². The minimum absolute atomic E-state index is 0.553. The number of rotatable bonds is 5. The highest BCUT2D eigenvalue weighted by atomic mass is 14.9. The van der Waals surface area contributed by atoms with Gasteiger partial charge in [0, 0.05) is 6.04 Å². The summed E-state index contributed by atoms with van der Waals surface area (Å²) in [5, 5.41) is 3.47. The molecule has 0 aromatic heterocycles. The predicted molar refractivity (Wildman–Crippen MR) is 69.6 cm³/mol. The second kappa shape index (κ2) is 5.49. The molecule has 1 aliphatic carbocycles. The summed E-state index contributed by atoms with van der Waals surface area (Å²) in [4.78, 5) is 0. The zero-order valence-electron chi connectivity index (χ0n) is 10.5. The molecule has 1 unspecified atom stereocenters. The molecule has 1 aromatic rings. The standard InChI is InChI=1S/C15H23N/c1-3-12-6-5-9-14(10-12)15(16-2)11-13-7-4-8-13/h5-6,9-10,13,15-16H,3-4,7-8,11H2,1-2H3. The Hall–Kier alpha value is -0.820. The number of aryl methyl sites for hydroxylation is 1. The van der Waals surface area contributed by atoms with E-state index >= 15 is 0 Å². The predicted octanol–water partition coefficient (Wildman–Crippen LogP) is 3.70. The maximum atomic E-state index is 3.47. The highest BCUT2D eigenvalue weighted by Crippen LogP contribution is 2.34. The summed E-state index contributed by atoms with van der Waals surface area (Å²) >= 11 is 0. The van der Waals surface area contributed by atoms with Crippen LogP contribution in [0.4, 0.5) is 0 Å². The molecule has 1 heteroatoms. The highest BCUT2D eigenvalue weighted by Gasteiger charge is 2.22. The average molecular weight is 217 g/mol. The molecule has 0 aliphatic heterocycles. The maximum absolute atomic E-state index is 3.47. The Balaban J connectivity index is 2.05. The van der Waals surface area contributed by atoms with Gasteiger partial charge in [-0.15, -0.1) is 0 Å². The molecular weight excluding hydrogens is 194 g/mol. The molecule has 1 saturated carbocycles. The van der Waals surface area contributed by atoms with Gasteiger partial charge in [0.05, 0.1) is 0 Å². The lowest BCUT2D eigenvalue weighted by molar-refractivity contribution is 0.265. The van der Waals surface area contributed by atoms with E-state index in [4.69, 9.17) is 0 Å². The minimum Gasteiger partial charge on any atom is -0.313 e. The molecule has 0 heterocycles. The van der Waals surface area contributed by atoms with Crippen LogP contribution in [0.25, 0.3) is 0 Å². The number of nitrogens with one attached hydrogen (secondary N) is 1. The molecule has 0 spiro atoms. The summed E-state index contributed by atoms with van der Waals surface area (Å²) in [6.45, 7) is 2.22. The zero-order valence-corrected chi connectivity index (χ0v) is 10.5. The first kappa shape index (κ1) is 11.7. The Morgan fingerprint density at radius 3 is 2.75 bits per heavy atom. The molecule has 2 rings (SSSR count). The van der Waals surface area contributed by atoms with E-state index in [0.29, 0.717) is 6.04 Å². The van der Waals surface area contributed by atoms with Gasteiger partial charge in [0.1, 0.15) is 0 Å². The van der Waals surface area contributed by atoms with Crippen LogP contribution in [-0.2, 0) is 6.42 Å². The SMILES string of the molecule is CCc1cccc(C(CC2CCC2)NC)c1. The minimum atomic E-state index is 0.553. The topological polar surface area (TPSA) is 12.0 Å². The van der Waals surface area contributed by atoms with Crippen LogP contribution in [0, 0.1) is 5.92 Å². The lowest BCUT2D eigenvalue weighted by Gasteiger charge is -2.30. The zero-order chi connectivity index (χ0) is 11.4. The van der Waals surface area contributed by atoms with E-state index in [2.05, 4.69) is 43.6 Å². The summed E-state index contributed by atoms with van der Waals surface area (Å²) in [6.07, 6.45) is 6.75. The van der Waals surface area contributed by atoms with Crippen LogP contribution in [0.3, 0.4) is 0 Å². The third-order valence-electron chi connectivity index (χ3n) is 3.90. The second-order valence-corrected chi connectivity index (χ2v) is 4.97. The number of hydrogen-bond donors (Lipinski definition) is 1. The molecule has 0 bridgehead atoms. The largest absolute Gasteiger partial charge is 0.313 e. The third-order valence-corrected chi connectivity index (χ3v) is 3.90. The van der Waals surface area contributed by atoms with Gasteiger partial charge in [-0.2, -0.15) is 0 Å².